The Morgan fingerprint density at radius 2 is 2.00 bits per heavy atom. The van der Waals surface area contributed by atoms with Gasteiger partial charge >= 0.3 is 0 Å². The number of nitrogens with one attached hydrogen (secondary N) is 2. The van der Waals surface area contributed by atoms with Crippen molar-refractivity contribution in [3.8, 4) is 5.69 Å². The van der Waals surface area contributed by atoms with Gasteiger partial charge < -0.3 is 10.6 Å². The number of aryl methyl sites for hydroxylation is 1. The van der Waals surface area contributed by atoms with Gasteiger partial charge in [-0.15, -0.1) is 24.0 Å². The number of nitrogens with zero attached hydrogens (tertiary/aromatic N) is 3. The molecule has 1 heterocycles. The van der Waals surface area contributed by atoms with Gasteiger partial charge in [0.05, 0.1) is 5.69 Å². The van der Waals surface area contributed by atoms with Gasteiger partial charge in [-0.2, -0.15) is 5.10 Å². The molecule has 3 aromatic rings. The highest BCUT2D eigenvalue weighted by atomic mass is 127. The van der Waals surface area contributed by atoms with Crippen LogP contribution in [-0.4, -0.2) is 29.3 Å². The molecule has 0 amide bonds. The molecule has 2 N–H and O–H groups in total. The molecule has 0 saturated carbocycles. The van der Waals surface area contributed by atoms with E-state index in [4.69, 9.17) is 0 Å². The van der Waals surface area contributed by atoms with E-state index in [-0.39, 0.29) is 29.8 Å². The number of aliphatic imine (C=N–C) groups is 1. The lowest BCUT2D eigenvalue weighted by atomic mass is 10.1. The van der Waals surface area contributed by atoms with E-state index in [0.29, 0.717) is 6.54 Å². The molecule has 0 saturated heterocycles. The molecule has 5 nitrogen and oxygen atoms in total. The van der Waals surface area contributed by atoms with Crippen molar-refractivity contribution in [2.45, 2.75) is 19.9 Å². The Labute approximate surface area is 182 Å². The summed E-state index contributed by atoms with van der Waals surface area (Å²) >= 11 is 0. The molecule has 28 heavy (non-hydrogen) atoms. The van der Waals surface area contributed by atoms with Crippen molar-refractivity contribution in [2.75, 3.05) is 13.6 Å². The predicted molar refractivity (Wildman–Crippen MR) is 122 cm³/mol. The number of aromatic nitrogens is 2. The largest absolute Gasteiger partial charge is 0.356 e. The van der Waals surface area contributed by atoms with Crippen LogP contribution < -0.4 is 10.6 Å². The van der Waals surface area contributed by atoms with Crippen LogP contribution in [0.1, 0.15) is 16.7 Å². The summed E-state index contributed by atoms with van der Waals surface area (Å²) in [4.78, 5) is 4.26. The molecular weight excluding hydrogens is 468 g/mol. The first-order chi connectivity index (χ1) is 13.2. The molecule has 0 bridgehead atoms. The second kappa shape index (κ2) is 10.8. The Morgan fingerprint density at radius 3 is 2.71 bits per heavy atom. The molecule has 0 radical (unpaired) electrons. The lowest BCUT2D eigenvalue weighted by Gasteiger charge is -2.13. The van der Waals surface area contributed by atoms with E-state index in [1.165, 1.54) is 6.07 Å². The zero-order chi connectivity index (χ0) is 19.1. The Balaban J connectivity index is 0.00000280. The fraction of sp³-hybridized carbons (Fsp3) is 0.238. The Kier molecular flexibility index (Phi) is 8.43. The smallest absolute Gasteiger partial charge is 0.191 e. The van der Waals surface area contributed by atoms with Crippen molar-refractivity contribution in [1.29, 1.82) is 0 Å². The Bertz CT molecular complexity index is 909. The maximum absolute atomic E-state index is 13.2. The first-order valence-electron chi connectivity index (χ1n) is 8.94. The molecular formula is C21H25FIN5. The van der Waals surface area contributed by atoms with Crippen LogP contribution in [0, 0.1) is 12.7 Å². The van der Waals surface area contributed by atoms with E-state index in [1.807, 2.05) is 42.1 Å². The second-order valence-electron chi connectivity index (χ2n) is 6.29. The van der Waals surface area contributed by atoms with E-state index in [9.17, 15) is 4.39 Å². The van der Waals surface area contributed by atoms with Gasteiger partial charge in [0.1, 0.15) is 5.82 Å². The van der Waals surface area contributed by atoms with Gasteiger partial charge in [0.15, 0.2) is 5.96 Å². The summed E-state index contributed by atoms with van der Waals surface area (Å²) in [5.74, 6) is 0.540. The first kappa shape index (κ1) is 21.9. The molecule has 0 spiro atoms. The summed E-state index contributed by atoms with van der Waals surface area (Å²) in [5, 5.41) is 10.9. The van der Waals surface area contributed by atoms with Crippen LogP contribution in [0.4, 0.5) is 4.39 Å². The van der Waals surface area contributed by atoms with Crippen molar-refractivity contribution in [1.82, 2.24) is 20.4 Å². The molecule has 0 fully saturated rings. The maximum Gasteiger partial charge on any atom is 0.191 e. The highest BCUT2D eigenvalue weighted by molar-refractivity contribution is 14.0. The molecule has 0 unspecified atom stereocenters. The molecule has 7 heteroatoms. The van der Waals surface area contributed by atoms with Crippen molar-refractivity contribution in [3.05, 3.63) is 83.4 Å². The highest BCUT2D eigenvalue weighted by Gasteiger charge is 2.03. The van der Waals surface area contributed by atoms with Gasteiger partial charge in [0.2, 0.25) is 0 Å². The predicted octanol–water partition coefficient (Wildman–Crippen LogP) is 3.85. The van der Waals surface area contributed by atoms with E-state index in [0.717, 1.165) is 41.3 Å². The van der Waals surface area contributed by atoms with Crippen molar-refractivity contribution in [2.24, 2.45) is 4.99 Å². The average molecular weight is 493 g/mol. The van der Waals surface area contributed by atoms with Crippen LogP contribution in [0.2, 0.25) is 0 Å². The summed E-state index contributed by atoms with van der Waals surface area (Å²) in [6.07, 6.45) is 4.49. The first-order valence-corrected chi connectivity index (χ1v) is 8.94. The molecule has 3 rings (SSSR count). The third kappa shape index (κ3) is 6.05. The summed E-state index contributed by atoms with van der Waals surface area (Å²) in [5.41, 5.74) is 4.26. The van der Waals surface area contributed by atoms with Gasteiger partial charge in [0.25, 0.3) is 0 Å². The fourth-order valence-corrected chi connectivity index (χ4v) is 2.89. The molecule has 0 aliphatic rings. The Hall–Kier alpha value is -2.42. The van der Waals surface area contributed by atoms with Gasteiger partial charge in [-0.05, 0) is 60.4 Å². The minimum absolute atomic E-state index is 0. The Morgan fingerprint density at radius 1 is 1.14 bits per heavy atom. The van der Waals surface area contributed by atoms with Crippen molar-refractivity contribution in [3.63, 3.8) is 0 Å². The summed E-state index contributed by atoms with van der Waals surface area (Å²) in [6, 6.07) is 15.0. The van der Waals surface area contributed by atoms with Crippen molar-refractivity contribution < 1.29 is 4.39 Å². The number of halogens is 2. The topological polar surface area (TPSA) is 54.2 Å². The van der Waals surface area contributed by atoms with Crippen LogP contribution in [-0.2, 0) is 13.0 Å². The number of guanidine groups is 1. The quantitative estimate of drug-likeness (QED) is 0.312. The molecule has 148 valence electrons. The van der Waals surface area contributed by atoms with E-state index < -0.39 is 0 Å². The van der Waals surface area contributed by atoms with Gasteiger partial charge in [0, 0.05) is 32.5 Å². The molecule has 0 aliphatic heterocycles. The van der Waals surface area contributed by atoms with Gasteiger partial charge in [-0.1, -0.05) is 18.2 Å². The van der Waals surface area contributed by atoms with E-state index in [2.05, 4.69) is 32.9 Å². The summed E-state index contributed by atoms with van der Waals surface area (Å²) in [6.45, 7) is 3.31. The van der Waals surface area contributed by atoms with Crippen LogP contribution in [0.3, 0.4) is 0 Å². The lowest BCUT2D eigenvalue weighted by Crippen LogP contribution is -2.37. The zero-order valence-corrected chi connectivity index (χ0v) is 18.4. The normalized spacial score (nSPS) is 11.0. The number of hydrogen-bond donors (Lipinski definition) is 2. The third-order valence-corrected chi connectivity index (χ3v) is 4.35. The maximum atomic E-state index is 13.2. The van der Waals surface area contributed by atoms with Gasteiger partial charge in [-0.3, -0.25) is 4.99 Å². The van der Waals surface area contributed by atoms with Crippen LogP contribution in [0.15, 0.2) is 65.9 Å². The van der Waals surface area contributed by atoms with Crippen LogP contribution >= 0.6 is 24.0 Å². The zero-order valence-electron chi connectivity index (χ0n) is 16.0. The molecule has 1 aromatic heterocycles. The number of benzene rings is 2. The summed E-state index contributed by atoms with van der Waals surface area (Å²) < 4.78 is 15.0. The number of hydrogen-bond acceptors (Lipinski definition) is 2. The standard InChI is InChI=1S/C21H24FN5.HI/c1-16-13-19(22)8-7-18(16)9-11-24-21(23-2)25-15-17-5-3-6-20(14-17)27-12-4-10-26-27;/h3-8,10,12-14H,9,11,15H2,1-2H3,(H2,23,24,25);1H. The van der Waals surface area contributed by atoms with Crippen LogP contribution in [0.25, 0.3) is 5.69 Å². The molecule has 0 atom stereocenters. The molecule has 0 aliphatic carbocycles. The number of rotatable bonds is 6. The monoisotopic (exact) mass is 493 g/mol. The van der Waals surface area contributed by atoms with Gasteiger partial charge in [-0.25, -0.2) is 9.07 Å². The molecule has 2 aromatic carbocycles. The lowest BCUT2D eigenvalue weighted by molar-refractivity contribution is 0.625. The fourth-order valence-electron chi connectivity index (χ4n) is 2.89. The average Bonchev–Trinajstić information content (AvgIpc) is 3.21. The third-order valence-electron chi connectivity index (χ3n) is 4.35. The highest BCUT2D eigenvalue weighted by Crippen LogP contribution is 2.11. The summed E-state index contributed by atoms with van der Waals surface area (Å²) in [7, 11) is 1.75. The van der Waals surface area contributed by atoms with Crippen LogP contribution in [0.5, 0.6) is 0 Å². The van der Waals surface area contributed by atoms with E-state index in [1.54, 1.807) is 19.3 Å². The van der Waals surface area contributed by atoms with Crippen molar-refractivity contribution >= 4 is 29.9 Å². The SMILES string of the molecule is CN=C(NCCc1ccc(F)cc1C)NCc1cccc(-n2cccn2)c1.I. The second-order valence-corrected chi connectivity index (χ2v) is 6.29. The minimum atomic E-state index is -0.195. The van der Waals surface area contributed by atoms with E-state index >= 15 is 0 Å². The minimum Gasteiger partial charge on any atom is -0.356 e.